The highest BCUT2D eigenvalue weighted by atomic mass is 32.1. The smallest absolute Gasteiger partial charge is 0.220 e. The monoisotopic (exact) mass is 353 g/mol. The summed E-state index contributed by atoms with van der Waals surface area (Å²) >= 11 is 1.52. The molecule has 0 unspecified atom stereocenters. The zero-order chi connectivity index (χ0) is 17.3. The van der Waals surface area contributed by atoms with Gasteiger partial charge >= 0.3 is 0 Å². The molecule has 2 aromatic heterocycles. The molecule has 0 aliphatic heterocycles. The van der Waals surface area contributed by atoms with Crippen LogP contribution in [0.5, 0.6) is 5.75 Å². The third kappa shape index (κ3) is 5.39. The number of ether oxygens (including phenoxy) is 1. The van der Waals surface area contributed by atoms with Crippen LogP contribution in [0.15, 0.2) is 60.1 Å². The molecule has 0 saturated heterocycles. The SMILES string of the molecule is O=C(CCCOc1ccccc1)NCc1nc(-c2ccccn2)cs1. The van der Waals surface area contributed by atoms with Gasteiger partial charge in [-0.2, -0.15) is 0 Å². The highest BCUT2D eigenvalue weighted by molar-refractivity contribution is 7.09. The Hall–Kier alpha value is -2.73. The zero-order valence-corrected chi connectivity index (χ0v) is 14.5. The Kier molecular flexibility index (Phi) is 6.11. The molecule has 0 aliphatic carbocycles. The van der Waals surface area contributed by atoms with Crippen molar-refractivity contribution in [1.82, 2.24) is 15.3 Å². The highest BCUT2D eigenvalue weighted by Crippen LogP contribution is 2.19. The second-order valence-electron chi connectivity index (χ2n) is 5.38. The van der Waals surface area contributed by atoms with Crippen molar-refractivity contribution < 1.29 is 9.53 Å². The van der Waals surface area contributed by atoms with Gasteiger partial charge in [-0.3, -0.25) is 9.78 Å². The molecule has 0 aliphatic rings. The average molecular weight is 353 g/mol. The number of pyridine rings is 1. The molecule has 5 nitrogen and oxygen atoms in total. The number of amides is 1. The first-order valence-corrected chi connectivity index (χ1v) is 8.99. The van der Waals surface area contributed by atoms with Gasteiger partial charge in [-0.05, 0) is 30.7 Å². The first-order valence-electron chi connectivity index (χ1n) is 8.11. The van der Waals surface area contributed by atoms with Crippen LogP contribution in [0.25, 0.3) is 11.4 Å². The van der Waals surface area contributed by atoms with Crippen LogP contribution in [0.4, 0.5) is 0 Å². The second-order valence-corrected chi connectivity index (χ2v) is 6.33. The minimum atomic E-state index is 0.00578. The topological polar surface area (TPSA) is 64.1 Å². The molecule has 1 N–H and O–H groups in total. The third-order valence-corrected chi connectivity index (χ3v) is 4.32. The van der Waals surface area contributed by atoms with Crippen molar-refractivity contribution in [3.63, 3.8) is 0 Å². The molecule has 1 amide bonds. The fraction of sp³-hybridized carbons (Fsp3) is 0.211. The Morgan fingerprint density at radius 3 is 2.72 bits per heavy atom. The third-order valence-electron chi connectivity index (χ3n) is 3.48. The van der Waals surface area contributed by atoms with E-state index in [1.54, 1.807) is 6.20 Å². The molecule has 0 atom stereocenters. The minimum Gasteiger partial charge on any atom is -0.494 e. The number of aromatic nitrogens is 2. The maximum Gasteiger partial charge on any atom is 0.220 e. The number of rotatable bonds is 8. The summed E-state index contributed by atoms with van der Waals surface area (Å²) < 4.78 is 5.57. The Labute approximate surface area is 150 Å². The molecule has 3 aromatic rings. The van der Waals surface area contributed by atoms with Gasteiger partial charge in [-0.1, -0.05) is 24.3 Å². The predicted octanol–water partition coefficient (Wildman–Crippen LogP) is 3.68. The summed E-state index contributed by atoms with van der Waals surface area (Å²) in [5.41, 5.74) is 1.68. The Morgan fingerprint density at radius 2 is 1.92 bits per heavy atom. The number of hydrogen-bond donors (Lipinski definition) is 1. The normalized spacial score (nSPS) is 10.4. The Morgan fingerprint density at radius 1 is 1.08 bits per heavy atom. The van der Waals surface area contributed by atoms with E-state index in [2.05, 4.69) is 15.3 Å². The van der Waals surface area contributed by atoms with Gasteiger partial charge in [-0.15, -0.1) is 11.3 Å². The number of para-hydroxylation sites is 1. The van der Waals surface area contributed by atoms with Gasteiger partial charge in [0.2, 0.25) is 5.91 Å². The van der Waals surface area contributed by atoms with E-state index in [0.29, 0.717) is 26.0 Å². The Balaban J connectivity index is 1.37. The van der Waals surface area contributed by atoms with Gasteiger partial charge in [0.1, 0.15) is 10.8 Å². The standard InChI is InChI=1S/C19H19N3O2S/c23-18(10-6-12-24-15-7-2-1-3-8-15)21-13-19-22-17(14-25-19)16-9-4-5-11-20-16/h1-5,7-9,11,14H,6,10,12-13H2,(H,21,23). The Bertz CT molecular complexity index is 791. The molecule has 0 bridgehead atoms. The van der Waals surface area contributed by atoms with Crippen molar-refractivity contribution in [1.29, 1.82) is 0 Å². The van der Waals surface area contributed by atoms with Crippen LogP contribution in [0.2, 0.25) is 0 Å². The first kappa shape index (κ1) is 17.1. The maximum absolute atomic E-state index is 11.9. The number of benzene rings is 1. The van der Waals surface area contributed by atoms with Crippen molar-refractivity contribution in [2.75, 3.05) is 6.61 Å². The predicted molar refractivity (Wildman–Crippen MR) is 98.4 cm³/mol. The number of thiazole rings is 1. The zero-order valence-electron chi connectivity index (χ0n) is 13.7. The fourth-order valence-corrected chi connectivity index (χ4v) is 2.95. The summed E-state index contributed by atoms with van der Waals surface area (Å²) in [5, 5.41) is 5.72. The van der Waals surface area contributed by atoms with Gasteiger partial charge in [0.15, 0.2) is 0 Å². The maximum atomic E-state index is 11.9. The van der Waals surface area contributed by atoms with Crippen LogP contribution in [0, 0.1) is 0 Å². The molecule has 2 heterocycles. The first-order chi connectivity index (χ1) is 12.3. The summed E-state index contributed by atoms with van der Waals surface area (Å²) in [7, 11) is 0. The molecule has 0 fully saturated rings. The van der Waals surface area contributed by atoms with Crippen LogP contribution in [-0.2, 0) is 11.3 Å². The number of nitrogens with one attached hydrogen (secondary N) is 1. The fourth-order valence-electron chi connectivity index (χ4n) is 2.23. The van der Waals surface area contributed by atoms with Crippen LogP contribution in [-0.4, -0.2) is 22.5 Å². The van der Waals surface area contributed by atoms with E-state index in [1.165, 1.54) is 11.3 Å². The summed E-state index contributed by atoms with van der Waals surface area (Å²) in [6.07, 6.45) is 2.86. The number of nitrogens with zero attached hydrogens (tertiary/aromatic N) is 2. The van der Waals surface area contributed by atoms with Crippen molar-refractivity contribution in [2.24, 2.45) is 0 Å². The van der Waals surface area contributed by atoms with Gasteiger partial charge in [0, 0.05) is 18.0 Å². The van der Waals surface area contributed by atoms with Crippen LogP contribution in [0.1, 0.15) is 17.8 Å². The van der Waals surface area contributed by atoms with Crippen LogP contribution in [0.3, 0.4) is 0 Å². The van der Waals surface area contributed by atoms with Crippen molar-refractivity contribution in [3.05, 3.63) is 65.1 Å². The average Bonchev–Trinajstić information content (AvgIpc) is 3.14. The molecule has 1 aromatic carbocycles. The molecule has 6 heteroatoms. The minimum absolute atomic E-state index is 0.00578. The van der Waals surface area contributed by atoms with Gasteiger partial charge in [0.25, 0.3) is 0 Å². The molecule has 128 valence electrons. The van der Waals surface area contributed by atoms with Gasteiger partial charge < -0.3 is 10.1 Å². The summed E-state index contributed by atoms with van der Waals surface area (Å²) in [5.74, 6) is 0.832. The highest BCUT2D eigenvalue weighted by Gasteiger charge is 2.07. The van der Waals surface area contributed by atoms with Crippen molar-refractivity contribution >= 4 is 17.2 Å². The summed E-state index contributed by atoms with van der Waals surface area (Å²) in [6, 6.07) is 15.3. The number of carbonyl (C=O) groups excluding carboxylic acids is 1. The van der Waals surface area contributed by atoms with E-state index in [9.17, 15) is 4.79 Å². The van der Waals surface area contributed by atoms with Crippen LogP contribution >= 0.6 is 11.3 Å². The van der Waals surface area contributed by atoms with E-state index in [0.717, 1.165) is 22.1 Å². The largest absolute Gasteiger partial charge is 0.494 e. The van der Waals surface area contributed by atoms with E-state index < -0.39 is 0 Å². The van der Waals surface area contributed by atoms with Gasteiger partial charge in [-0.25, -0.2) is 4.98 Å². The van der Waals surface area contributed by atoms with Crippen molar-refractivity contribution in [3.8, 4) is 17.1 Å². The lowest BCUT2D eigenvalue weighted by Crippen LogP contribution is -2.22. The van der Waals surface area contributed by atoms with E-state index >= 15 is 0 Å². The summed E-state index contributed by atoms with van der Waals surface area (Å²) in [6.45, 7) is 0.967. The summed E-state index contributed by atoms with van der Waals surface area (Å²) in [4.78, 5) is 20.7. The lowest BCUT2D eigenvalue weighted by atomic mass is 10.3. The molecule has 0 spiro atoms. The molecular formula is C19H19N3O2S. The quantitative estimate of drug-likeness (QED) is 0.628. The molecule has 25 heavy (non-hydrogen) atoms. The van der Waals surface area contributed by atoms with E-state index in [4.69, 9.17) is 4.74 Å². The van der Waals surface area contributed by atoms with Crippen LogP contribution < -0.4 is 10.1 Å². The van der Waals surface area contributed by atoms with Gasteiger partial charge in [0.05, 0.1) is 24.5 Å². The molecule has 0 radical (unpaired) electrons. The number of carbonyl (C=O) groups is 1. The lowest BCUT2D eigenvalue weighted by molar-refractivity contribution is -0.121. The van der Waals surface area contributed by atoms with E-state index in [1.807, 2.05) is 53.9 Å². The molecule has 0 saturated carbocycles. The second kappa shape index (κ2) is 8.94. The van der Waals surface area contributed by atoms with Crippen molar-refractivity contribution in [2.45, 2.75) is 19.4 Å². The lowest BCUT2D eigenvalue weighted by Gasteiger charge is -2.06. The molecule has 3 rings (SSSR count). The number of hydrogen-bond acceptors (Lipinski definition) is 5. The van der Waals surface area contributed by atoms with E-state index in [-0.39, 0.29) is 5.91 Å². The molecular weight excluding hydrogens is 334 g/mol.